The normalized spacial score (nSPS) is 14.7. The van der Waals surface area contributed by atoms with Gasteiger partial charge < -0.3 is 29.5 Å². The number of allylic oxidation sites excluding steroid dienone is 2. The maximum Gasteiger partial charge on any atom is 0.337 e. The van der Waals surface area contributed by atoms with Crippen LogP contribution >= 0.6 is 0 Å². The molecular formula is C49H48N4O6. The first-order valence-electron chi connectivity index (χ1n) is 19.9. The highest BCUT2D eigenvalue weighted by Crippen LogP contribution is 2.38. The van der Waals surface area contributed by atoms with Gasteiger partial charge in [0.2, 0.25) is 0 Å². The number of hydrogen-bond donors (Lipinski definition) is 2. The fourth-order valence-electron chi connectivity index (χ4n) is 7.32. The van der Waals surface area contributed by atoms with E-state index in [1.165, 1.54) is 12.2 Å². The van der Waals surface area contributed by atoms with Crippen molar-refractivity contribution in [3.8, 4) is 23.6 Å². The molecule has 0 atom stereocenters. The molecule has 2 saturated heterocycles. The summed E-state index contributed by atoms with van der Waals surface area (Å²) in [5.74, 6) is 0.384. The predicted molar refractivity (Wildman–Crippen MR) is 227 cm³/mol. The molecule has 0 amide bonds. The number of aliphatic hydroxyl groups excluding tert-OH is 2. The van der Waals surface area contributed by atoms with Crippen molar-refractivity contribution in [2.75, 3.05) is 39.4 Å². The third-order valence-corrected chi connectivity index (χ3v) is 10.9. The van der Waals surface area contributed by atoms with Gasteiger partial charge in [-0.25, -0.2) is 9.59 Å². The molecule has 0 aliphatic carbocycles. The van der Waals surface area contributed by atoms with Crippen LogP contribution in [-0.2, 0) is 9.59 Å². The van der Waals surface area contributed by atoms with Gasteiger partial charge in [-0.3, -0.25) is 0 Å². The molecule has 59 heavy (non-hydrogen) atoms. The number of rotatable bonds is 13. The lowest BCUT2D eigenvalue weighted by molar-refractivity contribution is -0.130. The van der Waals surface area contributed by atoms with E-state index in [0.717, 1.165) is 90.8 Å². The first-order valence-corrected chi connectivity index (χ1v) is 19.9. The second-order valence-corrected chi connectivity index (χ2v) is 14.8. The van der Waals surface area contributed by atoms with Gasteiger partial charge in [0.05, 0.1) is 0 Å². The number of likely N-dealkylation sites (tertiary alicyclic amines) is 2. The molecule has 0 radical (unpaired) electrons. The van der Waals surface area contributed by atoms with Gasteiger partial charge in [-0.1, -0.05) is 78.9 Å². The predicted octanol–water partition coefficient (Wildman–Crippen LogP) is 7.76. The Morgan fingerprint density at radius 3 is 1.32 bits per heavy atom. The third-order valence-electron chi connectivity index (χ3n) is 10.9. The van der Waals surface area contributed by atoms with Crippen LogP contribution in [0.1, 0.15) is 60.4 Å². The van der Waals surface area contributed by atoms with Crippen LogP contribution in [0.2, 0.25) is 0 Å². The average molecular weight is 789 g/mol. The largest absolute Gasteiger partial charge is 0.423 e. The molecule has 0 saturated carbocycles. The van der Waals surface area contributed by atoms with E-state index in [1.807, 2.05) is 91.0 Å². The first-order chi connectivity index (χ1) is 28.8. The topological polar surface area (TPSA) is 147 Å². The maximum atomic E-state index is 12.8. The summed E-state index contributed by atoms with van der Waals surface area (Å²) in [4.78, 5) is 29.8. The van der Waals surface area contributed by atoms with E-state index < -0.39 is 11.9 Å². The molecule has 2 N–H and O–H groups in total. The van der Waals surface area contributed by atoms with E-state index in [9.17, 15) is 30.3 Å². The standard InChI is InChI=1S/C49H48N4O6/c1-35(43(31-50)32-51)38-7-9-40(10-8-38)48(39-5-3-2-4-6-39)49(41-11-15-44(16-12-41)58-46(56)23-29-52-25-19-36(33-54)20-26-52)42-13-17-45(18-14-42)59-47(57)24-30-53-27-21-37(34-55)22-28-53/h2-18,23-24,29-30,36-37,54-55H,19-22,25-28,33-34H2,1H3. The van der Waals surface area contributed by atoms with E-state index in [-0.39, 0.29) is 18.8 Å². The van der Waals surface area contributed by atoms with Crippen molar-refractivity contribution in [3.63, 3.8) is 0 Å². The lowest BCUT2D eigenvalue weighted by Gasteiger charge is -2.29. The molecular weight excluding hydrogens is 741 g/mol. The molecule has 10 nitrogen and oxygen atoms in total. The molecule has 300 valence electrons. The van der Waals surface area contributed by atoms with Crippen LogP contribution in [0.5, 0.6) is 11.5 Å². The van der Waals surface area contributed by atoms with Gasteiger partial charge in [-0.2, -0.15) is 10.5 Å². The third kappa shape index (κ3) is 11.2. The van der Waals surface area contributed by atoms with Crippen molar-refractivity contribution < 1.29 is 29.3 Å². The Morgan fingerprint density at radius 2 is 0.949 bits per heavy atom. The molecule has 2 aliphatic rings. The molecule has 0 aromatic heterocycles. The molecule has 2 aliphatic heterocycles. The SMILES string of the molecule is CC(=C(C#N)C#N)c1ccc(C(=C(c2ccc(OC(=O)C=CN3CCC(CO)CC3)cc2)c2ccc(OC(=O)C=CN3CCC(CO)CC3)cc2)c2ccccc2)cc1. The molecule has 6 rings (SSSR count). The fraction of sp³-hybridized carbons (Fsp3) is 0.265. The summed E-state index contributed by atoms with van der Waals surface area (Å²) in [7, 11) is 0. The number of aliphatic hydroxyl groups is 2. The minimum atomic E-state index is -0.491. The van der Waals surface area contributed by atoms with Gasteiger partial charge >= 0.3 is 11.9 Å². The highest BCUT2D eigenvalue weighted by molar-refractivity contribution is 6.04. The summed E-state index contributed by atoms with van der Waals surface area (Å²) in [5, 5.41) is 37.8. The van der Waals surface area contributed by atoms with Crippen LogP contribution in [-0.4, -0.2) is 71.3 Å². The van der Waals surface area contributed by atoms with Gasteiger partial charge in [0.25, 0.3) is 0 Å². The van der Waals surface area contributed by atoms with Crippen LogP contribution in [0.15, 0.2) is 133 Å². The van der Waals surface area contributed by atoms with Crippen molar-refractivity contribution in [1.29, 1.82) is 10.5 Å². The van der Waals surface area contributed by atoms with E-state index in [0.29, 0.717) is 28.9 Å². The number of carbonyl (C=O) groups excluding carboxylic acids is 2. The number of nitrogens with zero attached hydrogens (tertiary/aromatic N) is 4. The van der Waals surface area contributed by atoms with E-state index in [4.69, 9.17) is 9.47 Å². The van der Waals surface area contributed by atoms with Crippen LogP contribution in [0, 0.1) is 34.5 Å². The Bertz CT molecular complexity index is 2160. The minimum Gasteiger partial charge on any atom is -0.423 e. The number of carbonyl (C=O) groups is 2. The van der Waals surface area contributed by atoms with E-state index in [1.54, 1.807) is 43.6 Å². The van der Waals surface area contributed by atoms with Crippen molar-refractivity contribution in [2.24, 2.45) is 11.8 Å². The van der Waals surface area contributed by atoms with E-state index >= 15 is 0 Å². The summed E-state index contributed by atoms with van der Waals surface area (Å²) in [5.41, 5.74) is 6.63. The average Bonchev–Trinajstić information content (AvgIpc) is 3.28. The monoisotopic (exact) mass is 788 g/mol. The van der Waals surface area contributed by atoms with Gasteiger partial charge in [-0.15, -0.1) is 0 Å². The fourth-order valence-corrected chi connectivity index (χ4v) is 7.32. The Labute approximate surface area is 345 Å². The van der Waals surface area contributed by atoms with Crippen LogP contribution < -0.4 is 9.47 Å². The molecule has 2 fully saturated rings. The van der Waals surface area contributed by atoms with Gasteiger partial charge in [-0.05, 0) is 113 Å². The van der Waals surface area contributed by atoms with Gasteiger partial charge in [0, 0.05) is 63.9 Å². The second kappa shape index (κ2) is 20.6. The van der Waals surface area contributed by atoms with Crippen LogP contribution in [0.4, 0.5) is 0 Å². The van der Waals surface area contributed by atoms with Crippen LogP contribution in [0.3, 0.4) is 0 Å². The summed E-state index contributed by atoms with van der Waals surface area (Å²) >= 11 is 0. The highest BCUT2D eigenvalue weighted by atomic mass is 16.5. The molecule has 0 spiro atoms. The van der Waals surface area contributed by atoms with Crippen molar-refractivity contribution in [3.05, 3.63) is 161 Å². The second-order valence-electron chi connectivity index (χ2n) is 14.8. The quantitative estimate of drug-likeness (QED) is 0.0453. The van der Waals surface area contributed by atoms with Crippen molar-refractivity contribution in [2.45, 2.75) is 32.6 Å². The molecule has 10 heteroatoms. The smallest absolute Gasteiger partial charge is 0.337 e. The van der Waals surface area contributed by atoms with Crippen LogP contribution in [0.25, 0.3) is 16.7 Å². The number of hydrogen-bond acceptors (Lipinski definition) is 10. The minimum absolute atomic E-state index is 0.0511. The zero-order chi connectivity index (χ0) is 41.6. The molecule has 4 aromatic carbocycles. The summed E-state index contributed by atoms with van der Waals surface area (Å²) < 4.78 is 11.4. The molecule has 2 heterocycles. The lowest BCUT2D eigenvalue weighted by Crippen LogP contribution is -2.31. The molecule has 0 bridgehead atoms. The van der Waals surface area contributed by atoms with Gasteiger partial charge in [0.1, 0.15) is 29.2 Å². The molecule has 4 aromatic rings. The van der Waals surface area contributed by atoms with E-state index in [2.05, 4.69) is 9.80 Å². The zero-order valence-electron chi connectivity index (χ0n) is 33.2. The van der Waals surface area contributed by atoms with Gasteiger partial charge in [0.15, 0.2) is 0 Å². The highest BCUT2D eigenvalue weighted by Gasteiger charge is 2.20. The Kier molecular flexibility index (Phi) is 14.6. The Hall–Kier alpha value is -6.72. The lowest BCUT2D eigenvalue weighted by atomic mass is 9.85. The summed E-state index contributed by atoms with van der Waals surface area (Å²) in [6, 6.07) is 36.3. The number of benzene rings is 4. The summed E-state index contributed by atoms with van der Waals surface area (Å²) in [6.45, 7) is 5.21. The van der Waals surface area contributed by atoms with Crippen molar-refractivity contribution >= 4 is 28.7 Å². The Morgan fingerprint density at radius 1 is 0.593 bits per heavy atom. The number of nitriles is 2. The zero-order valence-corrected chi connectivity index (χ0v) is 33.2. The summed E-state index contributed by atoms with van der Waals surface area (Å²) in [6.07, 6.45) is 9.85. The maximum absolute atomic E-state index is 12.8. The molecule has 0 unspecified atom stereocenters. The first kappa shape index (κ1) is 41.9. The number of esters is 2. The van der Waals surface area contributed by atoms with Crippen molar-refractivity contribution in [1.82, 2.24) is 9.80 Å². The number of ether oxygens (including phenoxy) is 2. The Balaban J connectivity index is 1.32. The number of piperidine rings is 2.